The first-order chi connectivity index (χ1) is 6.59. The smallest absolute Gasteiger partial charge is 0.423 e. The Morgan fingerprint density at radius 3 is 2.71 bits per heavy atom. The third-order valence-electron chi connectivity index (χ3n) is 1.91. The monoisotopic (exact) mass is 338 g/mol. The summed E-state index contributed by atoms with van der Waals surface area (Å²) < 4.78 is 1.99. The van der Waals surface area contributed by atoms with Gasteiger partial charge in [0.05, 0.1) is 7.91 Å². The fourth-order valence-electron chi connectivity index (χ4n) is 1.21. The van der Waals surface area contributed by atoms with Gasteiger partial charge in [-0.05, 0) is 34.1 Å². The lowest BCUT2D eigenvalue weighted by Crippen LogP contribution is -2.29. The molecule has 0 amide bonds. The van der Waals surface area contributed by atoms with E-state index in [1.807, 2.05) is 6.07 Å². The van der Waals surface area contributed by atoms with Crippen LogP contribution in [0, 0.1) is 2.88 Å². The highest BCUT2D eigenvalue weighted by molar-refractivity contribution is 14.1. The molecule has 6 heteroatoms. The maximum Gasteiger partial charge on any atom is 0.488 e. The Bertz CT molecular complexity index is 485. The number of thiophene rings is 1. The highest BCUT2D eigenvalue weighted by Gasteiger charge is 2.14. The molecule has 0 saturated heterocycles. The Balaban J connectivity index is 2.67. The van der Waals surface area contributed by atoms with Gasteiger partial charge in [0.2, 0.25) is 0 Å². The summed E-state index contributed by atoms with van der Waals surface area (Å²) in [6.07, 6.45) is 0. The highest BCUT2D eigenvalue weighted by Crippen LogP contribution is 2.35. The van der Waals surface area contributed by atoms with Crippen LogP contribution in [0.25, 0.3) is 10.1 Å². The lowest BCUT2D eigenvalue weighted by atomic mass is 9.80. The molecule has 2 N–H and O–H groups in total. The van der Waals surface area contributed by atoms with Crippen LogP contribution in [0.15, 0.2) is 18.2 Å². The van der Waals surface area contributed by atoms with Crippen molar-refractivity contribution < 1.29 is 10.0 Å². The van der Waals surface area contributed by atoms with Gasteiger partial charge in [-0.25, -0.2) is 0 Å². The normalized spacial score (nSPS) is 10.9. The molecule has 0 aliphatic rings. The summed E-state index contributed by atoms with van der Waals surface area (Å²) >= 11 is 9.76. The molecule has 0 saturated carbocycles. The van der Waals surface area contributed by atoms with E-state index in [4.69, 9.17) is 21.6 Å². The van der Waals surface area contributed by atoms with Crippen LogP contribution in [0.5, 0.6) is 0 Å². The minimum absolute atomic E-state index is 0.492. The van der Waals surface area contributed by atoms with Gasteiger partial charge in [-0.2, -0.15) is 0 Å². The Morgan fingerprint density at radius 2 is 2.07 bits per heavy atom. The van der Waals surface area contributed by atoms with Crippen molar-refractivity contribution in [3.63, 3.8) is 0 Å². The second kappa shape index (κ2) is 3.98. The third-order valence-corrected chi connectivity index (χ3v) is 4.88. The first kappa shape index (κ1) is 10.7. The van der Waals surface area contributed by atoms with Crippen LogP contribution in [-0.2, 0) is 0 Å². The van der Waals surface area contributed by atoms with E-state index in [1.54, 1.807) is 23.5 Å². The Hall–Kier alpha value is 0.185. The molecule has 0 radical (unpaired) electrons. The minimum atomic E-state index is -1.42. The van der Waals surface area contributed by atoms with Crippen molar-refractivity contribution in [2.45, 2.75) is 0 Å². The fourth-order valence-corrected chi connectivity index (χ4v) is 3.42. The molecule has 0 unspecified atom stereocenters. The minimum Gasteiger partial charge on any atom is -0.423 e. The van der Waals surface area contributed by atoms with Crippen LogP contribution in [-0.4, -0.2) is 17.2 Å². The van der Waals surface area contributed by atoms with E-state index in [9.17, 15) is 0 Å². The Kier molecular flexibility index (Phi) is 3.04. The second-order valence-electron chi connectivity index (χ2n) is 2.82. The average molecular weight is 338 g/mol. The van der Waals surface area contributed by atoms with Crippen LogP contribution in [0.2, 0.25) is 5.02 Å². The number of benzene rings is 1. The molecule has 2 nitrogen and oxygen atoms in total. The van der Waals surface area contributed by atoms with Crippen molar-refractivity contribution in [1.82, 2.24) is 0 Å². The summed E-state index contributed by atoms with van der Waals surface area (Å²) in [7, 11) is -1.42. The summed E-state index contributed by atoms with van der Waals surface area (Å²) in [6.45, 7) is 0. The number of fused-ring (bicyclic) bond motifs is 1. The summed E-state index contributed by atoms with van der Waals surface area (Å²) in [5.41, 5.74) is 0.492. The molecule has 2 rings (SSSR count). The molecule has 0 aliphatic heterocycles. The molecule has 0 spiro atoms. The van der Waals surface area contributed by atoms with Gasteiger partial charge in [0.1, 0.15) is 0 Å². The molecule has 1 heterocycles. The van der Waals surface area contributed by atoms with Gasteiger partial charge in [0, 0.05) is 10.1 Å². The molecule has 2 aromatic rings. The van der Waals surface area contributed by atoms with Crippen LogP contribution in [0.3, 0.4) is 0 Å². The SMILES string of the molecule is OB(O)c1ccc2c(Cl)c(I)sc2c1. The zero-order chi connectivity index (χ0) is 10.3. The summed E-state index contributed by atoms with van der Waals surface area (Å²) in [5.74, 6) is 0. The molecule has 1 aromatic heterocycles. The molecular formula is C8H5BClIO2S. The average Bonchev–Trinajstić information content (AvgIpc) is 2.42. The van der Waals surface area contributed by atoms with Crippen LogP contribution >= 0.6 is 45.5 Å². The molecule has 0 aliphatic carbocycles. The van der Waals surface area contributed by atoms with Gasteiger partial charge in [0.25, 0.3) is 0 Å². The number of halogens is 2. The highest BCUT2D eigenvalue weighted by atomic mass is 127. The van der Waals surface area contributed by atoms with Crippen molar-refractivity contribution >= 4 is 68.2 Å². The molecular weight excluding hydrogens is 333 g/mol. The van der Waals surface area contributed by atoms with E-state index in [1.165, 1.54) is 0 Å². The van der Waals surface area contributed by atoms with E-state index in [0.29, 0.717) is 5.46 Å². The zero-order valence-electron chi connectivity index (χ0n) is 6.87. The molecule has 0 atom stereocenters. The first-order valence-corrected chi connectivity index (χ1v) is 6.10. The van der Waals surface area contributed by atoms with Crippen molar-refractivity contribution in [3.8, 4) is 0 Å². The van der Waals surface area contributed by atoms with Crippen molar-refractivity contribution in [2.24, 2.45) is 0 Å². The molecule has 0 bridgehead atoms. The summed E-state index contributed by atoms with van der Waals surface area (Å²) in [5, 5.41) is 19.7. The van der Waals surface area contributed by atoms with Gasteiger partial charge in [0.15, 0.2) is 0 Å². The van der Waals surface area contributed by atoms with Gasteiger partial charge in [-0.15, -0.1) is 11.3 Å². The first-order valence-electron chi connectivity index (χ1n) is 3.83. The summed E-state index contributed by atoms with van der Waals surface area (Å²) in [4.78, 5) is 0. The topological polar surface area (TPSA) is 40.5 Å². The van der Waals surface area contributed by atoms with Crippen LogP contribution < -0.4 is 5.46 Å². The number of rotatable bonds is 1. The largest absolute Gasteiger partial charge is 0.488 e. The van der Waals surface area contributed by atoms with Crippen molar-refractivity contribution in [2.75, 3.05) is 0 Å². The molecule has 14 heavy (non-hydrogen) atoms. The molecule has 1 aromatic carbocycles. The predicted molar refractivity (Wildman–Crippen MR) is 69.4 cm³/mol. The number of hydrogen-bond donors (Lipinski definition) is 2. The lowest BCUT2D eigenvalue weighted by molar-refractivity contribution is 0.426. The van der Waals surface area contributed by atoms with E-state index >= 15 is 0 Å². The van der Waals surface area contributed by atoms with E-state index < -0.39 is 7.12 Å². The maximum atomic E-state index is 8.98. The Labute approximate surface area is 104 Å². The standard InChI is InChI=1S/C8H5BClIO2S/c10-7-5-2-1-4(9(12)13)3-6(5)14-8(7)11/h1-3,12-13H. The van der Waals surface area contributed by atoms with Crippen molar-refractivity contribution in [3.05, 3.63) is 26.1 Å². The predicted octanol–water partition coefficient (Wildman–Crippen LogP) is 1.84. The Morgan fingerprint density at radius 1 is 1.36 bits per heavy atom. The molecule has 72 valence electrons. The van der Waals surface area contributed by atoms with Gasteiger partial charge in [-0.1, -0.05) is 23.7 Å². The van der Waals surface area contributed by atoms with Gasteiger partial charge in [-0.3, -0.25) is 0 Å². The maximum absolute atomic E-state index is 8.98. The number of hydrogen-bond acceptors (Lipinski definition) is 3. The second-order valence-corrected chi connectivity index (χ2v) is 6.06. The van der Waals surface area contributed by atoms with E-state index in [0.717, 1.165) is 18.0 Å². The van der Waals surface area contributed by atoms with Crippen LogP contribution in [0.4, 0.5) is 0 Å². The zero-order valence-corrected chi connectivity index (χ0v) is 10.6. The summed E-state index contributed by atoms with van der Waals surface area (Å²) in [6, 6.07) is 5.23. The fraction of sp³-hybridized carbons (Fsp3) is 0. The third kappa shape index (κ3) is 1.79. The lowest BCUT2D eigenvalue weighted by Gasteiger charge is -1.98. The van der Waals surface area contributed by atoms with Crippen molar-refractivity contribution in [1.29, 1.82) is 0 Å². The van der Waals surface area contributed by atoms with Gasteiger partial charge < -0.3 is 10.0 Å². The van der Waals surface area contributed by atoms with Gasteiger partial charge >= 0.3 is 7.12 Å². The quantitative estimate of drug-likeness (QED) is 0.615. The molecule has 0 fully saturated rings. The van der Waals surface area contributed by atoms with E-state index in [2.05, 4.69) is 22.6 Å². The van der Waals surface area contributed by atoms with Crippen LogP contribution in [0.1, 0.15) is 0 Å². The van der Waals surface area contributed by atoms with E-state index in [-0.39, 0.29) is 0 Å².